The van der Waals surface area contributed by atoms with E-state index in [2.05, 4.69) is 51.7 Å². The van der Waals surface area contributed by atoms with Crippen LogP contribution < -0.4 is 11.1 Å². The Hall–Kier alpha value is -2.99. The van der Waals surface area contributed by atoms with E-state index in [1.54, 1.807) is 0 Å². The molecule has 3 aromatic rings. The third kappa shape index (κ3) is 4.77. The van der Waals surface area contributed by atoms with Crippen molar-refractivity contribution in [3.05, 3.63) is 65.5 Å². The van der Waals surface area contributed by atoms with Crippen LogP contribution in [-0.4, -0.2) is 21.1 Å². The van der Waals surface area contributed by atoms with E-state index in [-0.39, 0.29) is 5.91 Å². The Morgan fingerprint density at radius 1 is 1.12 bits per heavy atom. The van der Waals surface area contributed by atoms with Crippen LogP contribution in [0.1, 0.15) is 29.8 Å². The van der Waals surface area contributed by atoms with Gasteiger partial charge in [-0.1, -0.05) is 29.8 Å². The lowest BCUT2D eigenvalue weighted by Crippen LogP contribution is -2.11. The van der Waals surface area contributed by atoms with Gasteiger partial charge in [0, 0.05) is 17.7 Å². The highest BCUT2D eigenvalue weighted by Gasteiger charge is 2.06. The fourth-order valence-corrected chi connectivity index (χ4v) is 2.65. The third-order valence-corrected chi connectivity index (χ3v) is 4.14. The number of nitrogens with two attached hydrogens (primary N) is 1. The summed E-state index contributed by atoms with van der Waals surface area (Å²) in [5.41, 5.74) is 9.67. The van der Waals surface area contributed by atoms with Crippen LogP contribution in [-0.2, 0) is 17.8 Å². The van der Waals surface area contributed by atoms with Crippen LogP contribution in [0.4, 0.5) is 5.69 Å². The molecule has 0 aliphatic rings. The van der Waals surface area contributed by atoms with Gasteiger partial charge in [-0.25, -0.2) is 4.98 Å². The molecular weight excluding hydrogens is 326 g/mol. The number of rotatable bonds is 7. The summed E-state index contributed by atoms with van der Waals surface area (Å²) >= 11 is 0. The fourth-order valence-electron chi connectivity index (χ4n) is 2.65. The van der Waals surface area contributed by atoms with Crippen LogP contribution in [0, 0.1) is 6.92 Å². The Kier molecular flexibility index (Phi) is 5.76. The lowest BCUT2D eigenvalue weighted by molar-refractivity contribution is -0.116. The number of nitrogens with one attached hydrogen (secondary N) is 2. The summed E-state index contributed by atoms with van der Waals surface area (Å²) in [4.78, 5) is 16.4. The largest absolute Gasteiger partial charge is 0.326 e. The van der Waals surface area contributed by atoms with Crippen LogP contribution in [0.2, 0.25) is 0 Å². The predicted molar refractivity (Wildman–Crippen MR) is 102 cm³/mol. The fraction of sp³-hybridized carbons (Fsp3) is 0.250. The van der Waals surface area contributed by atoms with Gasteiger partial charge in [0.25, 0.3) is 0 Å². The maximum Gasteiger partial charge on any atom is 0.224 e. The van der Waals surface area contributed by atoms with Crippen LogP contribution >= 0.6 is 0 Å². The summed E-state index contributed by atoms with van der Waals surface area (Å²) in [7, 11) is 0. The topological polar surface area (TPSA) is 96.7 Å². The molecule has 0 fully saturated rings. The molecule has 2 aromatic carbocycles. The second kappa shape index (κ2) is 8.40. The smallest absolute Gasteiger partial charge is 0.224 e. The Labute approximate surface area is 152 Å². The summed E-state index contributed by atoms with van der Waals surface area (Å²) in [6.07, 6.45) is 2.23. The van der Waals surface area contributed by atoms with E-state index < -0.39 is 0 Å². The first-order chi connectivity index (χ1) is 12.6. The summed E-state index contributed by atoms with van der Waals surface area (Å²) in [6, 6.07) is 15.9. The van der Waals surface area contributed by atoms with Crippen LogP contribution in [0.5, 0.6) is 0 Å². The van der Waals surface area contributed by atoms with Crippen molar-refractivity contribution in [3.8, 4) is 11.4 Å². The Balaban J connectivity index is 1.48. The van der Waals surface area contributed by atoms with Crippen molar-refractivity contribution in [3.63, 3.8) is 0 Å². The molecule has 6 heteroatoms. The van der Waals surface area contributed by atoms with E-state index in [1.165, 1.54) is 11.1 Å². The monoisotopic (exact) mass is 349 g/mol. The van der Waals surface area contributed by atoms with Crippen LogP contribution in [0.15, 0.2) is 48.5 Å². The normalized spacial score (nSPS) is 10.7. The number of H-pyrrole nitrogens is 1. The molecule has 0 bridgehead atoms. The molecule has 0 aliphatic carbocycles. The second-order valence-corrected chi connectivity index (χ2v) is 6.27. The molecule has 0 saturated carbocycles. The Morgan fingerprint density at radius 3 is 2.50 bits per heavy atom. The molecule has 0 spiro atoms. The van der Waals surface area contributed by atoms with Crippen molar-refractivity contribution in [1.29, 1.82) is 0 Å². The molecule has 1 aromatic heterocycles. The molecule has 1 amide bonds. The first-order valence-corrected chi connectivity index (χ1v) is 8.71. The average Bonchev–Trinajstić information content (AvgIpc) is 3.13. The van der Waals surface area contributed by atoms with Crippen LogP contribution in [0.3, 0.4) is 0 Å². The van der Waals surface area contributed by atoms with Gasteiger partial charge < -0.3 is 11.1 Å². The molecule has 6 nitrogen and oxygen atoms in total. The molecule has 0 unspecified atom stereocenters. The van der Waals surface area contributed by atoms with Crippen molar-refractivity contribution >= 4 is 11.6 Å². The maximum absolute atomic E-state index is 12.1. The molecule has 1 heterocycles. The van der Waals surface area contributed by atoms with Crippen molar-refractivity contribution in [2.75, 3.05) is 5.32 Å². The van der Waals surface area contributed by atoms with Gasteiger partial charge in [-0.15, -0.1) is 0 Å². The van der Waals surface area contributed by atoms with Gasteiger partial charge in [0.15, 0.2) is 5.82 Å². The van der Waals surface area contributed by atoms with E-state index in [4.69, 9.17) is 5.73 Å². The van der Waals surface area contributed by atoms with E-state index >= 15 is 0 Å². The summed E-state index contributed by atoms with van der Waals surface area (Å²) in [5.74, 6) is 1.26. The number of carbonyl (C=O) groups is 1. The average molecular weight is 349 g/mol. The molecule has 0 atom stereocenters. The summed E-state index contributed by atoms with van der Waals surface area (Å²) in [6.45, 7) is 2.39. The number of aromatic nitrogens is 3. The second-order valence-electron chi connectivity index (χ2n) is 6.27. The number of carbonyl (C=O) groups excluding carboxylic acids is 1. The molecule has 26 heavy (non-hydrogen) atoms. The van der Waals surface area contributed by atoms with Gasteiger partial charge in [-0.3, -0.25) is 9.89 Å². The minimum absolute atomic E-state index is 0.0215. The number of nitrogens with zero attached hydrogens (tertiary/aromatic N) is 2. The molecule has 0 saturated heterocycles. The lowest BCUT2D eigenvalue weighted by Gasteiger charge is -2.06. The first kappa shape index (κ1) is 17.8. The molecule has 134 valence electrons. The zero-order chi connectivity index (χ0) is 18.4. The van der Waals surface area contributed by atoms with E-state index in [0.717, 1.165) is 24.1 Å². The first-order valence-electron chi connectivity index (χ1n) is 8.71. The van der Waals surface area contributed by atoms with Crippen molar-refractivity contribution in [2.45, 2.75) is 32.7 Å². The van der Waals surface area contributed by atoms with E-state index in [9.17, 15) is 4.79 Å². The highest BCUT2D eigenvalue weighted by atomic mass is 16.1. The van der Waals surface area contributed by atoms with Gasteiger partial charge >= 0.3 is 0 Å². The van der Waals surface area contributed by atoms with Crippen LogP contribution in [0.25, 0.3) is 11.4 Å². The van der Waals surface area contributed by atoms with E-state index in [0.29, 0.717) is 24.6 Å². The third-order valence-electron chi connectivity index (χ3n) is 4.14. The van der Waals surface area contributed by atoms with Crippen molar-refractivity contribution < 1.29 is 4.79 Å². The highest BCUT2D eigenvalue weighted by molar-refractivity contribution is 5.90. The van der Waals surface area contributed by atoms with Gasteiger partial charge in [-0.2, -0.15) is 5.10 Å². The predicted octanol–water partition coefficient (Wildman–Crippen LogP) is 3.20. The Bertz CT molecular complexity index is 853. The minimum Gasteiger partial charge on any atom is -0.326 e. The zero-order valence-corrected chi connectivity index (χ0v) is 14.8. The quantitative estimate of drug-likeness (QED) is 0.610. The van der Waals surface area contributed by atoms with E-state index in [1.807, 2.05) is 24.3 Å². The number of anilines is 1. The standard InChI is InChI=1S/C20H23N5O/c1-14-5-7-15(8-6-14)3-2-4-19(26)22-17-11-9-16(10-12-17)20-23-18(13-21)24-25-20/h5-12H,2-4,13,21H2,1H3,(H,22,26)(H,23,24,25). The number of hydrogen-bond donors (Lipinski definition) is 3. The number of amides is 1. The molecular formula is C20H23N5O. The molecule has 4 N–H and O–H groups in total. The summed E-state index contributed by atoms with van der Waals surface area (Å²) < 4.78 is 0. The van der Waals surface area contributed by atoms with Crippen molar-refractivity contribution in [2.24, 2.45) is 5.73 Å². The number of aryl methyl sites for hydroxylation is 2. The van der Waals surface area contributed by atoms with Crippen molar-refractivity contribution in [1.82, 2.24) is 15.2 Å². The summed E-state index contributed by atoms with van der Waals surface area (Å²) in [5, 5.41) is 9.83. The SMILES string of the molecule is Cc1ccc(CCCC(=O)Nc2ccc(-c3n[nH]c(CN)n3)cc2)cc1. The molecule has 0 aliphatic heterocycles. The maximum atomic E-state index is 12.1. The number of aromatic amines is 1. The van der Waals surface area contributed by atoms with Gasteiger partial charge in [-0.05, 0) is 49.6 Å². The number of hydrogen-bond acceptors (Lipinski definition) is 4. The van der Waals surface area contributed by atoms with Gasteiger partial charge in [0.05, 0.1) is 6.54 Å². The number of benzene rings is 2. The zero-order valence-electron chi connectivity index (χ0n) is 14.8. The molecule has 3 rings (SSSR count). The highest BCUT2D eigenvalue weighted by Crippen LogP contribution is 2.18. The molecule has 0 radical (unpaired) electrons. The lowest BCUT2D eigenvalue weighted by atomic mass is 10.1. The Morgan fingerprint density at radius 2 is 1.85 bits per heavy atom. The minimum atomic E-state index is 0.0215. The van der Waals surface area contributed by atoms with Gasteiger partial charge in [0.2, 0.25) is 5.91 Å². The van der Waals surface area contributed by atoms with Gasteiger partial charge in [0.1, 0.15) is 5.82 Å².